The molecule has 1 aromatic heterocycles. The zero-order valence-electron chi connectivity index (χ0n) is 22.5. The van der Waals surface area contributed by atoms with E-state index in [0.29, 0.717) is 36.2 Å². The molecule has 6 nitrogen and oxygen atoms in total. The molecular weight excluding hydrogens is 545 g/mol. The van der Waals surface area contributed by atoms with Crippen LogP contribution >= 0.6 is 23.2 Å². The standard InChI is InChI=1S/C32H33Cl2N3O3/c1-36(17-5-8-25-6-3-2-4-7-25)21-26-9-12-28(13-10-26)38-22-29-15-19-39-32(40-29,23-37-18-16-35-24-37)30-14-11-27(33)20-31(30)34/h2-14,16,18,20,24,29H,15,17,19,21-23H2,1H3/b8-5-. The van der Waals surface area contributed by atoms with Crippen LogP contribution < -0.4 is 4.74 Å². The molecule has 5 rings (SSSR count). The third kappa shape index (κ3) is 7.53. The SMILES string of the molecule is CN(C/C=C\c1ccccc1)Cc1ccc(OCC2CCOC(Cn3ccnc3)(c3ccc(Cl)cc3Cl)O2)cc1. The fraction of sp³-hybridized carbons (Fsp3) is 0.281. The number of imidazole rings is 1. The summed E-state index contributed by atoms with van der Waals surface area (Å²) in [4.78, 5) is 6.43. The highest BCUT2D eigenvalue weighted by atomic mass is 35.5. The van der Waals surface area contributed by atoms with Crippen LogP contribution in [0.25, 0.3) is 6.08 Å². The van der Waals surface area contributed by atoms with Gasteiger partial charge >= 0.3 is 0 Å². The fourth-order valence-corrected chi connectivity index (χ4v) is 5.30. The summed E-state index contributed by atoms with van der Waals surface area (Å²) in [5.41, 5.74) is 3.16. The average Bonchev–Trinajstić information content (AvgIpc) is 3.46. The molecule has 3 aromatic carbocycles. The van der Waals surface area contributed by atoms with Gasteiger partial charge in [0.1, 0.15) is 12.4 Å². The number of likely N-dealkylation sites (N-methyl/N-ethyl adjacent to an activating group) is 1. The molecule has 0 spiro atoms. The van der Waals surface area contributed by atoms with Gasteiger partial charge in [-0.15, -0.1) is 0 Å². The molecule has 40 heavy (non-hydrogen) atoms. The number of halogens is 2. The smallest absolute Gasteiger partial charge is 0.215 e. The molecule has 208 valence electrons. The first-order valence-electron chi connectivity index (χ1n) is 13.3. The summed E-state index contributed by atoms with van der Waals surface area (Å²) in [6.45, 7) is 3.01. The van der Waals surface area contributed by atoms with E-state index in [1.807, 2.05) is 47.2 Å². The molecule has 8 heteroatoms. The lowest BCUT2D eigenvalue weighted by Gasteiger charge is -2.41. The Morgan fingerprint density at radius 1 is 1.10 bits per heavy atom. The highest BCUT2D eigenvalue weighted by Gasteiger charge is 2.42. The van der Waals surface area contributed by atoms with Gasteiger partial charge in [-0.2, -0.15) is 0 Å². The lowest BCUT2D eigenvalue weighted by Crippen LogP contribution is -2.47. The first kappa shape index (κ1) is 28.4. The van der Waals surface area contributed by atoms with E-state index in [-0.39, 0.29) is 6.10 Å². The van der Waals surface area contributed by atoms with Crippen molar-refractivity contribution in [3.05, 3.63) is 124 Å². The van der Waals surface area contributed by atoms with E-state index in [0.717, 1.165) is 24.4 Å². The molecule has 0 amide bonds. The van der Waals surface area contributed by atoms with E-state index in [2.05, 4.69) is 53.3 Å². The third-order valence-corrected chi connectivity index (χ3v) is 7.31. The fourth-order valence-electron chi connectivity index (χ4n) is 4.75. The normalized spacial score (nSPS) is 19.4. The zero-order chi connectivity index (χ0) is 27.8. The van der Waals surface area contributed by atoms with Crippen molar-refractivity contribution in [3.63, 3.8) is 0 Å². The van der Waals surface area contributed by atoms with Crippen LogP contribution in [0.3, 0.4) is 0 Å². The highest BCUT2D eigenvalue weighted by Crippen LogP contribution is 2.39. The lowest BCUT2D eigenvalue weighted by molar-refractivity contribution is -0.312. The zero-order valence-corrected chi connectivity index (χ0v) is 24.0. The Bertz CT molecular complexity index is 1380. The van der Waals surface area contributed by atoms with Crippen LogP contribution in [0.5, 0.6) is 5.75 Å². The second-order valence-corrected chi connectivity index (χ2v) is 10.8. The van der Waals surface area contributed by atoms with Crippen molar-refractivity contribution in [2.24, 2.45) is 0 Å². The Morgan fingerprint density at radius 2 is 1.93 bits per heavy atom. The molecule has 1 aliphatic heterocycles. The molecule has 0 radical (unpaired) electrons. The van der Waals surface area contributed by atoms with Gasteiger partial charge in [-0.1, -0.05) is 83.9 Å². The van der Waals surface area contributed by atoms with Crippen molar-refractivity contribution in [1.82, 2.24) is 14.5 Å². The van der Waals surface area contributed by atoms with Crippen molar-refractivity contribution >= 4 is 29.3 Å². The number of rotatable bonds is 11. The van der Waals surface area contributed by atoms with Crippen LogP contribution in [0.15, 0.2) is 97.6 Å². The maximum atomic E-state index is 6.61. The van der Waals surface area contributed by atoms with Gasteiger partial charge in [0.2, 0.25) is 5.79 Å². The Balaban J connectivity index is 1.18. The topological polar surface area (TPSA) is 48.8 Å². The maximum absolute atomic E-state index is 6.61. The van der Waals surface area contributed by atoms with E-state index < -0.39 is 5.79 Å². The van der Waals surface area contributed by atoms with Crippen LogP contribution in [0, 0.1) is 0 Å². The van der Waals surface area contributed by atoms with Crippen LogP contribution in [0.4, 0.5) is 0 Å². The van der Waals surface area contributed by atoms with Crippen LogP contribution in [-0.2, 0) is 28.4 Å². The molecule has 0 N–H and O–H groups in total. The van der Waals surface area contributed by atoms with Crippen molar-refractivity contribution in [2.45, 2.75) is 31.4 Å². The number of hydrogen-bond acceptors (Lipinski definition) is 5. The van der Waals surface area contributed by atoms with Crippen LogP contribution in [0.2, 0.25) is 10.0 Å². The van der Waals surface area contributed by atoms with Gasteiger partial charge < -0.3 is 18.8 Å². The van der Waals surface area contributed by atoms with Gasteiger partial charge in [0, 0.05) is 42.5 Å². The molecule has 2 heterocycles. The number of ether oxygens (including phenoxy) is 3. The van der Waals surface area contributed by atoms with E-state index in [9.17, 15) is 0 Å². The molecule has 1 fully saturated rings. The maximum Gasteiger partial charge on any atom is 0.215 e. The third-order valence-electron chi connectivity index (χ3n) is 6.76. The second-order valence-electron chi connectivity index (χ2n) is 9.95. The summed E-state index contributed by atoms with van der Waals surface area (Å²) in [6.07, 6.45) is 10.2. The summed E-state index contributed by atoms with van der Waals surface area (Å²) in [6, 6.07) is 23.9. The van der Waals surface area contributed by atoms with Gasteiger partial charge in [0.15, 0.2) is 0 Å². The molecule has 2 atom stereocenters. The van der Waals surface area contributed by atoms with Crippen LogP contribution in [-0.4, -0.2) is 47.4 Å². The molecule has 1 aliphatic rings. The minimum atomic E-state index is -1.09. The first-order chi connectivity index (χ1) is 19.5. The summed E-state index contributed by atoms with van der Waals surface area (Å²) in [7, 11) is 2.12. The lowest BCUT2D eigenvalue weighted by atomic mass is 10.0. The molecule has 1 saturated heterocycles. The number of benzene rings is 3. The van der Waals surface area contributed by atoms with Crippen molar-refractivity contribution in [1.29, 1.82) is 0 Å². The summed E-state index contributed by atoms with van der Waals surface area (Å²) >= 11 is 12.8. The predicted octanol–water partition coefficient (Wildman–Crippen LogP) is 7.07. The predicted molar refractivity (Wildman–Crippen MR) is 160 cm³/mol. The Hall–Kier alpha value is -3.13. The van der Waals surface area contributed by atoms with Gasteiger partial charge in [0.25, 0.3) is 0 Å². The molecular formula is C32H33Cl2N3O3. The van der Waals surface area contributed by atoms with Crippen molar-refractivity contribution in [3.8, 4) is 5.75 Å². The van der Waals surface area contributed by atoms with E-state index >= 15 is 0 Å². The Labute approximate surface area is 245 Å². The monoisotopic (exact) mass is 577 g/mol. The second kappa shape index (κ2) is 13.5. The number of aromatic nitrogens is 2. The van der Waals surface area contributed by atoms with Crippen molar-refractivity contribution in [2.75, 3.05) is 26.8 Å². The van der Waals surface area contributed by atoms with Crippen LogP contribution in [0.1, 0.15) is 23.1 Å². The molecule has 4 aromatic rings. The summed E-state index contributed by atoms with van der Waals surface area (Å²) < 4.78 is 20.9. The Morgan fingerprint density at radius 3 is 2.67 bits per heavy atom. The molecule has 2 unspecified atom stereocenters. The van der Waals surface area contributed by atoms with E-state index in [1.54, 1.807) is 24.7 Å². The Kier molecular flexibility index (Phi) is 9.57. The van der Waals surface area contributed by atoms with E-state index in [1.165, 1.54) is 11.1 Å². The minimum absolute atomic E-state index is 0.189. The first-order valence-corrected chi connectivity index (χ1v) is 14.1. The highest BCUT2D eigenvalue weighted by molar-refractivity contribution is 6.35. The van der Waals surface area contributed by atoms with Gasteiger partial charge in [-0.25, -0.2) is 4.98 Å². The minimum Gasteiger partial charge on any atom is -0.491 e. The largest absolute Gasteiger partial charge is 0.491 e. The van der Waals surface area contributed by atoms with Gasteiger partial charge in [0.05, 0.1) is 30.6 Å². The van der Waals surface area contributed by atoms with Gasteiger partial charge in [-0.05, 0) is 42.4 Å². The number of hydrogen-bond donors (Lipinski definition) is 0. The molecule has 0 saturated carbocycles. The summed E-state index contributed by atoms with van der Waals surface area (Å²) in [5.74, 6) is -0.284. The van der Waals surface area contributed by atoms with Gasteiger partial charge in [-0.3, -0.25) is 4.90 Å². The quantitative estimate of drug-likeness (QED) is 0.191. The van der Waals surface area contributed by atoms with Crippen molar-refractivity contribution < 1.29 is 14.2 Å². The molecule has 0 aliphatic carbocycles. The molecule has 0 bridgehead atoms. The number of nitrogens with zero attached hydrogens (tertiary/aromatic N) is 3. The average molecular weight is 579 g/mol. The van der Waals surface area contributed by atoms with E-state index in [4.69, 9.17) is 37.4 Å². The summed E-state index contributed by atoms with van der Waals surface area (Å²) in [5, 5.41) is 1.05.